The molecule has 0 amide bonds. The van der Waals surface area contributed by atoms with E-state index in [9.17, 15) is 69.1 Å². The number of ether oxygens (including phenoxy) is 2. The number of rotatable bonds is 23. The van der Waals surface area contributed by atoms with E-state index in [1.54, 1.807) is 0 Å². The van der Waals surface area contributed by atoms with Gasteiger partial charge in [0.15, 0.2) is 6.10 Å². The minimum absolute atomic E-state index is 0.0331. The van der Waals surface area contributed by atoms with Gasteiger partial charge >= 0.3 is 27.6 Å². The van der Waals surface area contributed by atoms with Crippen LogP contribution in [-0.2, 0) is 41.8 Å². The van der Waals surface area contributed by atoms with E-state index in [2.05, 4.69) is 37.3 Å². The highest BCUT2D eigenvalue weighted by Crippen LogP contribution is 2.50. The van der Waals surface area contributed by atoms with Crippen LogP contribution in [0.15, 0.2) is 60.8 Å². The van der Waals surface area contributed by atoms with Crippen LogP contribution in [0.3, 0.4) is 0 Å². The fourth-order valence-electron chi connectivity index (χ4n) is 8.17. The maximum Gasteiger partial charge on any atom is 0.472 e. The molecule has 0 aromatic carbocycles. The number of phosphoric ester groups is 2. The number of allylic oxidation sites excluding steroid dienone is 8. The molecule has 2 fully saturated rings. The lowest BCUT2D eigenvalue weighted by molar-refractivity contribution is -0.165. The van der Waals surface area contributed by atoms with Crippen molar-refractivity contribution in [2.45, 2.75) is 210 Å². The standard InChI is InChI=1S/C49H84O19P2/c1-3-5-7-8-9-10-11-12-13-14-15-16-17-18-19-20-26-30-43(54)66-37-34-64-42(53)29-25-22-21-24-28-38-40(51)33-41(52)39(32-31-36(50)27-23-6-4-2)45(56)48(67-69(59,60)61)49(47(58)46(57)44(38)55)68-70(62,63)65-35-37/h9-10,12-13,15-16,18-19,31-32,36-41,44-52,55-58H,3-8,11,14,17,20-30,33-35H2,1-2H3,(H,62,63)(H2,59,60,61)/b10-9-,13-12-,16-15-,19-18-,32-31+/t36-,37+,38-,39-,40-,41+,44+,45+,46-,47+,48+,49-/m0/s1. The molecule has 2 aliphatic rings. The first kappa shape index (κ1) is 63.7. The first-order valence-corrected chi connectivity index (χ1v) is 28.1. The molecular weight excluding hydrogens is 954 g/mol. The summed E-state index contributed by atoms with van der Waals surface area (Å²) >= 11 is 0. The molecule has 0 aromatic rings. The number of carbonyl (C=O) groups excluding carboxylic acids is 2. The molecule has 1 heterocycles. The van der Waals surface area contributed by atoms with Gasteiger partial charge in [-0.1, -0.05) is 126 Å². The van der Waals surface area contributed by atoms with E-state index >= 15 is 0 Å². The number of fused-ring (bicyclic) bond motifs is 4. The number of phosphoric acid groups is 2. The topological polar surface area (TPSA) is 317 Å². The number of aliphatic hydroxyl groups is 7. The molecule has 1 saturated heterocycles. The van der Waals surface area contributed by atoms with Crippen LogP contribution in [0.25, 0.3) is 0 Å². The highest BCUT2D eigenvalue weighted by molar-refractivity contribution is 7.47. The third-order valence-corrected chi connectivity index (χ3v) is 13.7. The van der Waals surface area contributed by atoms with Crippen molar-refractivity contribution in [3.8, 4) is 0 Å². The summed E-state index contributed by atoms with van der Waals surface area (Å²) in [5.74, 6) is -4.46. The number of esters is 2. The van der Waals surface area contributed by atoms with Crippen molar-refractivity contribution in [3.63, 3.8) is 0 Å². The Morgan fingerprint density at radius 1 is 0.771 bits per heavy atom. The van der Waals surface area contributed by atoms with Gasteiger partial charge in [-0.25, -0.2) is 9.13 Å². The van der Waals surface area contributed by atoms with Crippen molar-refractivity contribution in [1.29, 1.82) is 0 Å². The Morgan fingerprint density at radius 3 is 2.00 bits per heavy atom. The summed E-state index contributed by atoms with van der Waals surface area (Å²) in [5.41, 5.74) is 0. The molecule has 0 aromatic heterocycles. The zero-order chi connectivity index (χ0) is 52.0. The highest BCUT2D eigenvalue weighted by atomic mass is 31.2. The Hall–Kier alpha value is -2.42. The zero-order valence-corrected chi connectivity index (χ0v) is 42.8. The molecule has 1 saturated carbocycles. The summed E-state index contributed by atoms with van der Waals surface area (Å²) in [4.78, 5) is 56.8. The van der Waals surface area contributed by atoms with Crippen LogP contribution in [0.4, 0.5) is 0 Å². The van der Waals surface area contributed by atoms with Gasteiger partial charge in [-0.15, -0.1) is 0 Å². The highest BCUT2D eigenvalue weighted by Gasteiger charge is 2.51. The smallest absolute Gasteiger partial charge is 0.462 e. The fraction of sp³-hybridized carbons (Fsp3) is 0.755. The van der Waals surface area contributed by atoms with Crippen LogP contribution in [0, 0.1) is 11.8 Å². The van der Waals surface area contributed by atoms with Gasteiger partial charge in [-0.3, -0.25) is 23.2 Å². The predicted octanol–water partition coefficient (Wildman–Crippen LogP) is 6.22. The first-order chi connectivity index (χ1) is 33.3. The van der Waals surface area contributed by atoms with Gasteiger partial charge in [-0.2, -0.15) is 0 Å². The quantitative estimate of drug-likeness (QED) is 0.0235. The number of hydrogen-bond donors (Lipinski definition) is 10. The Balaban J connectivity index is 2.34. The van der Waals surface area contributed by atoms with E-state index in [0.717, 1.165) is 38.2 Å². The van der Waals surface area contributed by atoms with Crippen LogP contribution >= 0.6 is 15.6 Å². The molecule has 21 heteroatoms. The minimum atomic E-state index is -5.77. The summed E-state index contributed by atoms with van der Waals surface area (Å²) in [6, 6.07) is 0. The second-order valence-electron chi connectivity index (χ2n) is 18.1. The van der Waals surface area contributed by atoms with E-state index in [0.29, 0.717) is 44.9 Å². The van der Waals surface area contributed by atoms with E-state index < -0.39 is 120 Å². The molecule has 2 rings (SSSR count). The maximum atomic E-state index is 13.8. The summed E-state index contributed by atoms with van der Waals surface area (Å²) in [7, 11) is -11.5. The van der Waals surface area contributed by atoms with Crippen LogP contribution in [-0.4, -0.2) is 137 Å². The van der Waals surface area contributed by atoms with Gasteiger partial charge in [0.2, 0.25) is 0 Å². The van der Waals surface area contributed by atoms with Gasteiger partial charge in [0, 0.05) is 31.1 Å². The van der Waals surface area contributed by atoms with Crippen molar-refractivity contribution in [2.75, 3.05) is 13.2 Å². The second-order valence-corrected chi connectivity index (χ2v) is 20.7. The minimum Gasteiger partial charge on any atom is -0.462 e. The number of cyclic esters (lactones) is 1. The second kappa shape index (κ2) is 35.7. The predicted molar refractivity (Wildman–Crippen MR) is 261 cm³/mol. The molecule has 1 unspecified atom stereocenters. The number of carbonyl (C=O) groups is 2. The number of aliphatic hydroxyl groups excluding tert-OH is 7. The van der Waals surface area contributed by atoms with Gasteiger partial charge in [-0.05, 0) is 64.2 Å². The molecule has 10 N–H and O–H groups in total. The van der Waals surface area contributed by atoms with Crippen molar-refractivity contribution in [2.24, 2.45) is 11.8 Å². The van der Waals surface area contributed by atoms with Gasteiger partial charge in [0.25, 0.3) is 0 Å². The first-order valence-electron chi connectivity index (χ1n) is 25.1. The molecule has 2 bridgehead atoms. The Bertz CT molecular complexity index is 1700. The Kier molecular flexibility index (Phi) is 32.5. The molecule has 0 radical (unpaired) electrons. The average molecular weight is 1040 g/mol. The van der Waals surface area contributed by atoms with Crippen molar-refractivity contribution >= 4 is 27.6 Å². The normalized spacial score (nSPS) is 31.5. The van der Waals surface area contributed by atoms with Crippen molar-refractivity contribution < 1.29 is 92.2 Å². The molecular formula is C49H84O19P2. The summed E-state index contributed by atoms with van der Waals surface area (Å²) in [5, 5.41) is 80.0. The Morgan fingerprint density at radius 2 is 1.37 bits per heavy atom. The summed E-state index contributed by atoms with van der Waals surface area (Å²) in [6.45, 7) is 2.52. The SMILES string of the molecule is CCCCC/C=C\C/C=C\C/C=C\C/C=C\CCCC(=O)O[C@@H]1COC(=O)CCCCCC[C@@H]2[C@@H](O)[C@H](O)[C@@H](O)[C@H](OP(=O)(O)OC1)[C@H](OP(=O)(O)O)[C@H](O)[C@@H](/C=C/[C@@H](O)CCCCC)[C@H](O)C[C@@H]2O. The van der Waals surface area contributed by atoms with Gasteiger partial charge < -0.3 is 59.9 Å². The van der Waals surface area contributed by atoms with Crippen LogP contribution in [0.1, 0.15) is 149 Å². The zero-order valence-electron chi connectivity index (χ0n) is 41.0. The third-order valence-electron chi connectivity index (χ3n) is 12.2. The number of unbranched alkanes of at least 4 members (excludes halogenated alkanes) is 6. The summed E-state index contributed by atoms with van der Waals surface area (Å²) < 4.78 is 52.3. The molecule has 404 valence electrons. The monoisotopic (exact) mass is 1040 g/mol. The lowest BCUT2D eigenvalue weighted by Crippen LogP contribution is -2.56. The average Bonchev–Trinajstić information content (AvgIpc) is 3.30. The summed E-state index contributed by atoms with van der Waals surface area (Å²) in [6.07, 6.45) is 9.28. The fourth-order valence-corrected chi connectivity index (χ4v) is 9.69. The lowest BCUT2D eigenvalue weighted by atomic mass is 9.82. The molecule has 70 heavy (non-hydrogen) atoms. The number of hydrogen-bond acceptors (Lipinski definition) is 16. The van der Waals surface area contributed by atoms with Crippen LogP contribution < -0.4 is 0 Å². The van der Waals surface area contributed by atoms with Gasteiger partial charge in [0.1, 0.15) is 31.0 Å². The molecule has 1 aliphatic carbocycles. The largest absolute Gasteiger partial charge is 0.472 e. The molecule has 1 aliphatic heterocycles. The maximum absolute atomic E-state index is 13.8. The van der Waals surface area contributed by atoms with E-state index in [1.807, 2.05) is 25.2 Å². The third kappa shape index (κ3) is 27.0. The molecule has 19 nitrogen and oxygen atoms in total. The van der Waals surface area contributed by atoms with E-state index in [4.69, 9.17) is 23.0 Å². The lowest BCUT2D eigenvalue weighted by Gasteiger charge is -2.39. The molecule has 13 atom stereocenters. The Labute approximate surface area is 414 Å². The van der Waals surface area contributed by atoms with Crippen molar-refractivity contribution in [3.05, 3.63) is 60.8 Å². The van der Waals surface area contributed by atoms with Gasteiger partial charge in [0.05, 0.1) is 37.1 Å². The van der Waals surface area contributed by atoms with Crippen molar-refractivity contribution in [1.82, 2.24) is 0 Å². The molecule has 0 spiro atoms. The van der Waals surface area contributed by atoms with Crippen LogP contribution in [0.2, 0.25) is 0 Å². The van der Waals surface area contributed by atoms with E-state index in [1.165, 1.54) is 25.3 Å². The van der Waals surface area contributed by atoms with E-state index in [-0.39, 0.29) is 32.1 Å². The van der Waals surface area contributed by atoms with Crippen LogP contribution in [0.5, 0.6) is 0 Å².